The van der Waals surface area contributed by atoms with Crippen LogP contribution in [0.25, 0.3) is 0 Å². The Kier molecular flexibility index (Phi) is 6.36. The minimum Gasteiger partial charge on any atom is -0.378 e. The standard InChI is InChI=1S/C26H33N3O4/c1-16(2)33-20-7-9-24(32-15-20)26(30)29-14-19-5-4-11-27-25(19)28-22-8-6-18(13-23(22)29)21-10-12-31-17(21)3/h4-6,8,11,13,16-17,20-21,24H,7,9-10,12,14-15H2,1-3H3,(H,27,28)/t17-,20+,21?,24-/m1/s1. The first-order chi connectivity index (χ1) is 16.0. The third-order valence-electron chi connectivity index (χ3n) is 6.83. The molecular weight excluding hydrogens is 418 g/mol. The molecule has 0 bridgehead atoms. The van der Waals surface area contributed by atoms with E-state index in [9.17, 15) is 4.79 Å². The van der Waals surface area contributed by atoms with E-state index < -0.39 is 6.10 Å². The molecule has 176 valence electrons. The van der Waals surface area contributed by atoms with Gasteiger partial charge in [-0.15, -0.1) is 0 Å². The summed E-state index contributed by atoms with van der Waals surface area (Å²) < 4.78 is 17.7. The van der Waals surface area contributed by atoms with Gasteiger partial charge in [-0.3, -0.25) is 4.79 Å². The van der Waals surface area contributed by atoms with Crippen molar-refractivity contribution in [2.75, 3.05) is 23.4 Å². The summed E-state index contributed by atoms with van der Waals surface area (Å²) in [5.74, 6) is 1.11. The van der Waals surface area contributed by atoms with Crippen molar-refractivity contribution in [3.8, 4) is 0 Å². The number of nitrogens with zero attached hydrogens (tertiary/aromatic N) is 2. The largest absolute Gasteiger partial charge is 0.378 e. The maximum atomic E-state index is 13.8. The zero-order valence-corrected chi connectivity index (χ0v) is 19.6. The van der Waals surface area contributed by atoms with E-state index in [0.29, 0.717) is 25.5 Å². The lowest BCUT2D eigenvalue weighted by Gasteiger charge is -2.33. The third-order valence-corrected chi connectivity index (χ3v) is 6.83. The number of ether oxygens (including phenoxy) is 3. The summed E-state index contributed by atoms with van der Waals surface area (Å²) in [5, 5.41) is 3.45. The molecule has 1 aromatic heterocycles. The van der Waals surface area contributed by atoms with Crippen molar-refractivity contribution in [1.29, 1.82) is 0 Å². The SMILES string of the molecule is CC(C)O[C@H]1CC[C@H](C(=O)N2Cc3cccnc3Nc3ccc(C4CCO[C@@H]4C)cc32)OC1. The maximum absolute atomic E-state index is 13.8. The van der Waals surface area contributed by atoms with Gasteiger partial charge in [0.1, 0.15) is 11.9 Å². The molecule has 0 aliphatic carbocycles. The first kappa shape index (κ1) is 22.3. The number of hydrogen-bond donors (Lipinski definition) is 1. The van der Waals surface area contributed by atoms with Crippen LogP contribution in [0.3, 0.4) is 0 Å². The molecule has 5 rings (SSSR count). The van der Waals surface area contributed by atoms with Gasteiger partial charge >= 0.3 is 0 Å². The smallest absolute Gasteiger partial charge is 0.256 e. The molecule has 3 aliphatic rings. The molecule has 2 saturated heterocycles. The number of rotatable bonds is 4. The monoisotopic (exact) mass is 451 g/mol. The molecule has 2 aromatic rings. The number of hydrogen-bond acceptors (Lipinski definition) is 6. The Bertz CT molecular complexity index is 1000. The fourth-order valence-electron chi connectivity index (χ4n) is 5.12. The Balaban J connectivity index is 1.45. The molecule has 4 heterocycles. The highest BCUT2D eigenvalue weighted by atomic mass is 16.5. The van der Waals surface area contributed by atoms with Crippen LogP contribution in [0.4, 0.5) is 17.2 Å². The zero-order chi connectivity index (χ0) is 22.9. The number of pyridine rings is 1. The van der Waals surface area contributed by atoms with Gasteiger partial charge in [0.05, 0.1) is 42.8 Å². The number of carbonyl (C=O) groups excluding carboxylic acids is 1. The van der Waals surface area contributed by atoms with Crippen molar-refractivity contribution in [3.05, 3.63) is 47.7 Å². The predicted octanol–water partition coefficient (Wildman–Crippen LogP) is 4.54. The van der Waals surface area contributed by atoms with Gasteiger partial charge in [-0.2, -0.15) is 0 Å². The van der Waals surface area contributed by atoms with Gasteiger partial charge in [0, 0.05) is 24.3 Å². The van der Waals surface area contributed by atoms with Gasteiger partial charge in [-0.1, -0.05) is 12.1 Å². The maximum Gasteiger partial charge on any atom is 0.256 e. The fourth-order valence-corrected chi connectivity index (χ4v) is 5.12. The average Bonchev–Trinajstić information content (AvgIpc) is 3.16. The number of benzene rings is 1. The van der Waals surface area contributed by atoms with Crippen LogP contribution in [0.15, 0.2) is 36.5 Å². The molecular formula is C26H33N3O4. The number of anilines is 3. The predicted molar refractivity (Wildman–Crippen MR) is 127 cm³/mol. The molecule has 1 N–H and O–H groups in total. The van der Waals surface area contributed by atoms with Crippen molar-refractivity contribution >= 4 is 23.1 Å². The van der Waals surface area contributed by atoms with Crippen LogP contribution in [-0.4, -0.2) is 48.5 Å². The summed E-state index contributed by atoms with van der Waals surface area (Å²) in [6.07, 6.45) is 4.14. The average molecular weight is 452 g/mol. The third kappa shape index (κ3) is 4.63. The molecule has 7 nitrogen and oxygen atoms in total. The normalized spacial score (nSPS) is 27.0. The number of carbonyl (C=O) groups is 1. The Hall–Kier alpha value is -2.48. The summed E-state index contributed by atoms with van der Waals surface area (Å²) in [6, 6.07) is 10.3. The lowest BCUT2D eigenvalue weighted by Crippen LogP contribution is -2.44. The van der Waals surface area contributed by atoms with Crippen molar-refractivity contribution < 1.29 is 19.0 Å². The van der Waals surface area contributed by atoms with Crippen LogP contribution in [0.2, 0.25) is 0 Å². The number of fused-ring (bicyclic) bond motifs is 2. The summed E-state index contributed by atoms with van der Waals surface area (Å²) in [4.78, 5) is 20.2. The molecule has 0 spiro atoms. The lowest BCUT2D eigenvalue weighted by atomic mass is 9.92. The van der Waals surface area contributed by atoms with Crippen LogP contribution >= 0.6 is 0 Å². The lowest BCUT2D eigenvalue weighted by molar-refractivity contribution is -0.143. The van der Waals surface area contributed by atoms with Crippen LogP contribution in [0.1, 0.15) is 57.1 Å². The van der Waals surface area contributed by atoms with E-state index in [0.717, 1.165) is 42.2 Å². The van der Waals surface area contributed by atoms with Gasteiger partial charge in [0.25, 0.3) is 5.91 Å². The summed E-state index contributed by atoms with van der Waals surface area (Å²) in [6.45, 7) is 7.84. The molecule has 3 aliphatic heterocycles. The quantitative estimate of drug-likeness (QED) is 0.736. The molecule has 1 amide bonds. The van der Waals surface area contributed by atoms with Gasteiger partial charge in [0.2, 0.25) is 0 Å². The van der Waals surface area contributed by atoms with Crippen LogP contribution < -0.4 is 10.2 Å². The molecule has 1 unspecified atom stereocenters. The van der Waals surface area contributed by atoms with E-state index >= 15 is 0 Å². The van der Waals surface area contributed by atoms with Crippen LogP contribution in [0, 0.1) is 0 Å². The summed E-state index contributed by atoms with van der Waals surface area (Å²) in [5.41, 5.74) is 3.94. The van der Waals surface area contributed by atoms with Gasteiger partial charge in [-0.25, -0.2) is 4.98 Å². The molecule has 33 heavy (non-hydrogen) atoms. The highest BCUT2D eigenvalue weighted by Crippen LogP contribution is 2.40. The molecule has 0 saturated carbocycles. The van der Waals surface area contributed by atoms with Gasteiger partial charge < -0.3 is 24.4 Å². The number of aromatic nitrogens is 1. The Morgan fingerprint density at radius 2 is 2.09 bits per heavy atom. The van der Waals surface area contributed by atoms with E-state index in [1.807, 2.05) is 30.9 Å². The Morgan fingerprint density at radius 3 is 2.82 bits per heavy atom. The molecule has 2 fully saturated rings. The number of amides is 1. The van der Waals surface area contributed by atoms with Crippen molar-refractivity contribution in [2.45, 2.75) is 76.9 Å². The highest BCUT2D eigenvalue weighted by molar-refractivity contribution is 6.01. The van der Waals surface area contributed by atoms with Gasteiger partial charge in [-0.05, 0) is 63.8 Å². The highest BCUT2D eigenvalue weighted by Gasteiger charge is 2.35. The Labute approximate surface area is 195 Å². The van der Waals surface area contributed by atoms with Crippen molar-refractivity contribution in [1.82, 2.24) is 4.98 Å². The van der Waals surface area contributed by atoms with Crippen LogP contribution in [-0.2, 0) is 25.5 Å². The molecule has 1 aromatic carbocycles. The second-order valence-corrected chi connectivity index (χ2v) is 9.51. The second-order valence-electron chi connectivity index (χ2n) is 9.51. The van der Waals surface area contributed by atoms with E-state index in [1.165, 1.54) is 5.56 Å². The summed E-state index contributed by atoms with van der Waals surface area (Å²) >= 11 is 0. The van der Waals surface area contributed by atoms with E-state index in [-0.39, 0.29) is 24.2 Å². The topological polar surface area (TPSA) is 72.9 Å². The minimum absolute atomic E-state index is 0.00868. The Morgan fingerprint density at radius 1 is 1.21 bits per heavy atom. The zero-order valence-electron chi connectivity index (χ0n) is 19.6. The second kappa shape index (κ2) is 9.41. The first-order valence-corrected chi connectivity index (χ1v) is 12.0. The molecule has 4 atom stereocenters. The molecule has 0 radical (unpaired) electrons. The summed E-state index contributed by atoms with van der Waals surface area (Å²) in [7, 11) is 0. The van der Waals surface area contributed by atoms with Crippen molar-refractivity contribution in [2.24, 2.45) is 0 Å². The van der Waals surface area contributed by atoms with E-state index in [1.54, 1.807) is 6.20 Å². The van der Waals surface area contributed by atoms with E-state index in [4.69, 9.17) is 14.2 Å². The van der Waals surface area contributed by atoms with Crippen LogP contribution in [0.5, 0.6) is 0 Å². The number of nitrogens with one attached hydrogen (secondary N) is 1. The molecule has 7 heteroatoms. The minimum atomic E-state index is -0.472. The first-order valence-electron chi connectivity index (χ1n) is 12.0. The fraction of sp³-hybridized carbons (Fsp3) is 0.538. The van der Waals surface area contributed by atoms with E-state index in [2.05, 4.69) is 35.4 Å². The van der Waals surface area contributed by atoms with Crippen molar-refractivity contribution in [3.63, 3.8) is 0 Å². The van der Waals surface area contributed by atoms with Gasteiger partial charge in [0.15, 0.2) is 0 Å².